The Hall–Kier alpha value is -1.06. The Bertz CT molecular complexity index is 236. The number of carbonyl (C=O) groups is 2. The quantitative estimate of drug-likeness (QED) is 0.727. The molecule has 0 rings (SSSR count). The molecule has 0 aromatic heterocycles. The lowest BCUT2D eigenvalue weighted by Gasteiger charge is -2.32. The predicted molar refractivity (Wildman–Crippen MR) is 63.2 cm³/mol. The molecule has 1 unspecified atom stereocenters. The Morgan fingerprint density at radius 2 is 1.69 bits per heavy atom. The molecule has 0 aliphatic rings. The number of hydrogen-bond acceptors (Lipinski definition) is 2. The molecule has 0 aliphatic heterocycles. The van der Waals surface area contributed by atoms with Crippen LogP contribution in [-0.2, 0) is 9.59 Å². The summed E-state index contributed by atoms with van der Waals surface area (Å²) in [7, 11) is 0. The van der Waals surface area contributed by atoms with E-state index in [1.807, 2.05) is 20.8 Å². The number of carboxylic acid groups (broad SMARTS) is 1. The lowest BCUT2D eigenvalue weighted by atomic mass is 9.92. The molecule has 0 saturated heterocycles. The molecule has 0 heterocycles. The van der Waals surface area contributed by atoms with Crippen LogP contribution >= 0.6 is 0 Å². The molecule has 1 atom stereocenters. The molecule has 1 N–H and O–H groups in total. The Morgan fingerprint density at radius 1 is 1.19 bits per heavy atom. The highest BCUT2D eigenvalue weighted by Crippen LogP contribution is 2.19. The van der Waals surface area contributed by atoms with Gasteiger partial charge >= 0.3 is 5.97 Å². The Labute approximate surface area is 97.6 Å². The van der Waals surface area contributed by atoms with Gasteiger partial charge in [0.1, 0.15) is 6.04 Å². The molecule has 0 spiro atoms. The van der Waals surface area contributed by atoms with Gasteiger partial charge in [0.2, 0.25) is 5.91 Å². The van der Waals surface area contributed by atoms with Gasteiger partial charge in [-0.3, -0.25) is 4.79 Å². The highest BCUT2D eigenvalue weighted by molar-refractivity contribution is 5.82. The van der Waals surface area contributed by atoms with Crippen LogP contribution in [0.25, 0.3) is 0 Å². The van der Waals surface area contributed by atoms with Gasteiger partial charge in [-0.05, 0) is 12.3 Å². The number of nitrogens with zero attached hydrogens (tertiary/aromatic N) is 1. The van der Waals surface area contributed by atoms with Crippen LogP contribution in [0.2, 0.25) is 0 Å². The minimum absolute atomic E-state index is 0.0351. The number of rotatable bonds is 7. The molecular formula is C12H23NO3. The molecule has 0 fully saturated rings. The Morgan fingerprint density at radius 3 is 1.94 bits per heavy atom. The van der Waals surface area contributed by atoms with Crippen molar-refractivity contribution in [2.24, 2.45) is 5.92 Å². The maximum absolute atomic E-state index is 11.5. The summed E-state index contributed by atoms with van der Waals surface area (Å²) in [6, 6.07) is -0.674. The third kappa shape index (κ3) is 3.83. The van der Waals surface area contributed by atoms with E-state index < -0.39 is 12.0 Å². The zero-order valence-corrected chi connectivity index (χ0v) is 10.7. The van der Waals surface area contributed by atoms with E-state index in [-0.39, 0.29) is 11.8 Å². The van der Waals surface area contributed by atoms with E-state index in [0.29, 0.717) is 6.54 Å². The average molecular weight is 229 g/mol. The van der Waals surface area contributed by atoms with Crippen molar-refractivity contribution in [3.63, 3.8) is 0 Å². The Kier molecular flexibility index (Phi) is 6.77. The second kappa shape index (κ2) is 7.25. The van der Waals surface area contributed by atoms with E-state index >= 15 is 0 Å². The van der Waals surface area contributed by atoms with Crippen molar-refractivity contribution in [3.8, 4) is 0 Å². The highest BCUT2D eigenvalue weighted by Gasteiger charge is 2.32. The lowest BCUT2D eigenvalue weighted by Crippen LogP contribution is -2.48. The third-order valence-corrected chi connectivity index (χ3v) is 2.95. The van der Waals surface area contributed by atoms with Crippen molar-refractivity contribution < 1.29 is 14.7 Å². The molecule has 0 radical (unpaired) electrons. The minimum Gasteiger partial charge on any atom is -0.480 e. The first-order chi connectivity index (χ1) is 7.49. The monoisotopic (exact) mass is 229 g/mol. The van der Waals surface area contributed by atoms with Crippen LogP contribution in [0.1, 0.15) is 47.0 Å². The molecule has 0 aromatic rings. The maximum atomic E-state index is 11.5. The fourth-order valence-electron chi connectivity index (χ4n) is 2.06. The van der Waals surface area contributed by atoms with Crippen molar-refractivity contribution in [2.75, 3.05) is 6.54 Å². The SMILES string of the molecule is CCCN(C(C)=O)C(C(=O)O)C(CC)CC. The van der Waals surface area contributed by atoms with E-state index in [9.17, 15) is 14.7 Å². The number of aliphatic carboxylic acids is 1. The summed E-state index contributed by atoms with van der Waals surface area (Å²) >= 11 is 0. The molecule has 4 heteroatoms. The molecule has 1 amide bonds. The number of hydrogen-bond donors (Lipinski definition) is 1. The normalized spacial score (nSPS) is 12.6. The first-order valence-corrected chi connectivity index (χ1v) is 5.99. The molecular weight excluding hydrogens is 206 g/mol. The van der Waals surface area contributed by atoms with Gasteiger partial charge in [-0.15, -0.1) is 0 Å². The van der Waals surface area contributed by atoms with Crippen molar-refractivity contribution >= 4 is 11.9 Å². The zero-order chi connectivity index (χ0) is 12.7. The topological polar surface area (TPSA) is 57.6 Å². The van der Waals surface area contributed by atoms with Gasteiger partial charge in [-0.1, -0.05) is 33.6 Å². The Balaban J connectivity index is 4.97. The van der Waals surface area contributed by atoms with E-state index in [4.69, 9.17) is 0 Å². The zero-order valence-electron chi connectivity index (χ0n) is 10.7. The van der Waals surface area contributed by atoms with Gasteiger partial charge in [0.25, 0.3) is 0 Å². The van der Waals surface area contributed by atoms with Crippen LogP contribution < -0.4 is 0 Å². The molecule has 0 aromatic carbocycles. The second-order valence-corrected chi connectivity index (χ2v) is 4.07. The van der Waals surface area contributed by atoms with E-state index in [0.717, 1.165) is 19.3 Å². The maximum Gasteiger partial charge on any atom is 0.326 e. The van der Waals surface area contributed by atoms with Crippen LogP contribution in [0.5, 0.6) is 0 Å². The number of amides is 1. The van der Waals surface area contributed by atoms with E-state index in [1.165, 1.54) is 11.8 Å². The van der Waals surface area contributed by atoms with Gasteiger partial charge in [0, 0.05) is 13.5 Å². The summed E-state index contributed by atoms with van der Waals surface area (Å²) in [6.45, 7) is 7.83. The molecule has 0 bridgehead atoms. The summed E-state index contributed by atoms with van der Waals surface area (Å²) in [5.41, 5.74) is 0. The van der Waals surface area contributed by atoms with Crippen LogP contribution in [0.15, 0.2) is 0 Å². The fourth-order valence-corrected chi connectivity index (χ4v) is 2.06. The lowest BCUT2D eigenvalue weighted by molar-refractivity contribution is -0.152. The molecule has 16 heavy (non-hydrogen) atoms. The summed E-state index contributed by atoms with van der Waals surface area (Å²) in [4.78, 5) is 24.3. The predicted octanol–water partition coefficient (Wildman–Crippen LogP) is 2.13. The van der Waals surface area contributed by atoms with Crippen molar-refractivity contribution in [1.82, 2.24) is 4.90 Å². The van der Waals surface area contributed by atoms with Crippen molar-refractivity contribution in [2.45, 2.75) is 53.0 Å². The summed E-state index contributed by atoms with van der Waals surface area (Å²) in [5.74, 6) is -1.01. The van der Waals surface area contributed by atoms with Crippen molar-refractivity contribution in [3.05, 3.63) is 0 Å². The average Bonchev–Trinajstić information content (AvgIpc) is 2.22. The fraction of sp³-hybridized carbons (Fsp3) is 0.833. The van der Waals surface area contributed by atoms with E-state index in [2.05, 4.69) is 0 Å². The first-order valence-electron chi connectivity index (χ1n) is 5.99. The van der Waals surface area contributed by atoms with Gasteiger partial charge in [-0.2, -0.15) is 0 Å². The summed E-state index contributed by atoms with van der Waals surface area (Å²) in [5, 5.41) is 9.26. The summed E-state index contributed by atoms with van der Waals surface area (Å²) < 4.78 is 0. The molecule has 0 aliphatic carbocycles. The van der Waals surface area contributed by atoms with Crippen LogP contribution in [0.3, 0.4) is 0 Å². The number of carbonyl (C=O) groups excluding carboxylic acids is 1. The van der Waals surface area contributed by atoms with Crippen LogP contribution in [0.4, 0.5) is 0 Å². The standard InChI is InChI=1S/C12H23NO3/c1-5-8-13(9(4)14)11(12(15)16)10(6-2)7-3/h10-11H,5-8H2,1-4H3,(H,15,16). The van der Waals surface area contributed by atoms with Gasteiger partial charge in [0.15, 0.2) is 0 Å². The molecule has 0 saturated carbocycles. The first kappa shape index (κ1) is 14.9. The van der Waals surface area contributed by atoms with Gasteiger partial charge in [-0.25, -0.2) is 4.79 Å². The van der Waals surface area contributed by atoms with Crippen LogP contribution in [0, 0.1) is 5.92 Å². The highest BCUT2D eigenvalue weighted by atomic mass is 16.4. The number of carboxylic acids is 1. The smallest absolute Gasteiger partial charge is 0.326 e. The molecule has 94 valence electrons. The molecule has 4 nitrogen and oxygen atoms in total. The van der Waals surface area contributed by atoms with Crippen molar-refractivity contribution in [1.29, 1.82) is 0 Å². The van der Waals surface area contributed by atoms with Gasteiger partial charge in [0.05, 0.1) is 0 Å². The summed E-state index contributed by atoms with van der Waals surface area (Å²) in [6.07, 6.45) is 2.34. The second-order valence-electron chi connectivity index (χ2n) is 4.07. The van der Waals surface area contributed by atoms with Crippen LogP contribution in [-0.4, -0.2) is 34.5 Å². The largest absolute Gasteiger partial charge is 0.480 e. The minimum atomic E-state index is -0.891. The third-order valence-electron chi connectivity index (χ3n) is 2.95. The van der Waals surface area contributed by atoms with Gasteiger partial charge < -0.3 is 10.0 Å². The van der Waals surface area contributed by atoms with E-state index in [1.54, 1.807) is 0 Å².